The Morgan fingerprint density at radius 1 is 1.56 bits per heavy atom. The van der Waals surface area contributed by atoms with Gasteiger partial charge >= 0.3 is 5.97 Å². The third kappa shape index (κ3) is 11.2. The van der Waals surface area contributed by atoms with E-state index in [1.807, 2.05) is 13.8 Å². The van der Waals surface area contributed by atoms with Crippen LogP contribution in [0.25, 0.3) is 0 Å². The zero-order valence-electron chi connectivity index (χ0n) is 6.52. The first-order valence-corrected chi connectivity index (χ1v) is 3.02. The molecular weight excluding hydrogens is 118 g/mol. The van der Waals surface area contributed by atoms with Crippen molar-refractivity contribution in [3.05, 3.63) is 0 Å². The van der Waals surface area contributed by atoms with Gasteiger partial charge in [-0.05, 0) is 7.05 Å². The second-order valence-corrected chi connectivity index (χ2v) is 1.11. The molecule has 3 nitrogen and oxygen atoms in total. The van der Waals surface area contributed by atoms with Crippen LogP contribution in [0.4, 0.5) is 0 Å². The molecule has 0 unspecified atom stereocenters. The lowest BCUT2D eigenvalue weighted by Crippen LogP contribution is -2.19. The second kappa shape index (κ2) is 10.4. The molecule has 0 bridgehead atoms. The summed E-state index contributed by atoms with van der Waals surface area (Å²) in [4.78, 5) is 10.1. The highest BCUT2D eigenvalue weighted by Crippen LogP contribution is 1.64. The van der Waals surface area contributed by atoms with Crippen LogP contribution in [0.5, 0.6) is 0 Å². The molecule has 0 aliphatic carbocycles. The van der Waals surface area contributed by atoms with Crippen molar-refractivity contribution in [2.45, 2.75) is 13.8 Å². The summed E-state index contributed by atoms with van der Waals surface area (Å²) < 4.78 is 4.29. The molecule has 0 radical (unpaired) electrons. The summed E-state index contributed by atoms with van der Waals surface area (Å²) in [5, 5.41) is 2.64. The van der Waals surface area contributed by atoms with Gasteiger partial charge in [0.25, 0.3) is 0 Å². The standard InChI is InChI=1S/C4H9NO2.C2H6/c1-5-3-4(6)7-2;1-2/h5H,3H2,1-2H3;1-2H3. The number of nitrogens with one attached hydrogen (secondary N) is 1. The molecule has 0 saturated carbocycles. The third-order valence-corrected chi connectivity index (χ3v) is 0.549. The molecule has 1 N–H and O–H groups in total. The highest BCUT2D eigenvalue weighted by molar-refractivity contribution is 5.71. The predicted octanol–water partition coefficient (Wildman–Crippen LogP) is 0.405. The van der Waals surface area contributed by atoms with Crippen LogP contribution in [0.1, 0.15) is 13.8 Å². The van der Waals surface area contributed by atoms with Gasteiger partial charge in [-0.1, -0.05) is 13.8 Å². The quantitative estimate of drug-likeness (QED) is 0.554. The largest absolute Gasteiger partial charge is 0.468 e. The Morgan fingerprint density at radius 2 is 2.00 bits per heavy atom. The van der Waals surface area contributed by atoms with Crippen LogP contribution in [0, 0.1) is 0 Å². The van der Waals surface area contributed by atoms with Gasteiger partial charge in [0.15, 0.2) is 0 Å². The van der Waals surface area contributed by atoms with E-state index in [0.29, 0.717) is 0 Å². The molecule has 0 spiro atoms. The van der Waals surface area contributed by atoms with E-state index in [1.165, 1.54) is 7.11 Å². The number of ether oxygens (including phenoxy) is 1. The Balaban J connectivity index is 0. The predicted molar refractivity (Wildman–Crippen MR) is 37.3 cm³/mol. The van der Waals surface area contributed by atoms with Crippen LogP contribution >= 0.6 is 0 Å². The highest BCUT2D eigenvalue weighted by Gasteiger charge is 1.91. The number of likely N-dealkylation sites (N-methyl/N-ethyl adjacent to an activating group) is 1. The van der Waals surface area contributed by atoms with E-state index in [2.05, 4.69) is 10.1 Å². The van der Waals surface area contributed by atoms with Gasteiger partial charge in [0.2, 0.25) is 0 Å². The van der Waals surface area contributed by atoms with Crippen LogP contribution < -0.4 is 5.32 Å². The molecule has 0 aromatic carbocycles. The SMILES string of the molecule is CC.CNCC(=O)OC. The van der Waals surface area contributed by atoms with Crippen LogP contribution in [0.15, 0.2) is 0 Å². The maximum absolute atomic E-state index is 10.1. The molecule has 0 aliphatic heterocycles. The normalized spacial score (nSPS) is 7.11. The first kappa shape index (κ1) is 11.3. The first-order chi connectivity index (χ1) is 4.31. The maximum Gasteiger partial charge on any atom is 0.319 e. The molecule has 0 aromatic rings. The number of carbonyl (C=O) groups is 1. The molecule has 0 amide bonds. The van der Waals surface area contributed by atoms with Gasteiger partial charge in [0.1, 0.15) is 0 Å². The van der Waals surface area contributed by atoms with Crippen molar-refractivity contribution in [1.82, 2.24) is 5.32 Å². The average Bonchev–Trinajstić information content (AvgIpc) is 1.93. The van der Waals surface area contributed by atoms with E-state index in [-0.39, 0.29) is 12.5 Å². The smallest absolute Gasteiger partial charge is 0.319 e. The molecule has 0 aliphatic rings. The van der Waals surface area contributed by atoms with E-state index < -0.39 is 0 Å². The van der Waals surface area contributed by atoms with Crippen molar-refractivity contribution in [2.24, 2.45) is 0 Å². The lowest BCUT2D eigenvalue weighted by atomic mass is 10.7. The van der Waals surface area contributed by atoms with Gasteiger partial charge in [0.05, 0.1) is 13.7 Å². The first-order valence-electron chi connectivity index (χ1n) is 3.02. The topological polar surface area (TPSA) is 38.3 Å². The van der Waals surface area contributed by atoms with Crippen molar-refractivity contribution in [3.8, 4) is 0 Å². The monoisotopic (exact) mass is 133 g/mol. The van der Waals surface area contributed by atoms with Crippen molar-refractivity contribution in [2.75, 3.05) is 20.7 Å². The number of methoxy groups -OCH3 is 1. The average molecular weight is 133 g/mol. The number of esters is 1. The summed E-state index contributed by atoms with van der Waals surface area (Å²) in [5.74, 6) is -0.234. The lowest BCUT2D eigenvalue weighted by Gasteiger charge is -1.93. The molecule has 56 valence electrons. The van der Waals surface area contributed by atoms with Crippen LogP contribution in [-0.2, 0) is 9.53 Å². The maximum atomic E-state index is 10.1. The number of carbonyl (C=O) groups excluding carboxylic acids is 1. The Labute approximate surface area is 56.4 Å². The molecule has 0 atom stereocenters. The molecule has 0 rings (SSSR count). The number of hydrogen-bond donors (Lipinski definition) is 1. The molecule has 0 saturated heterocycles. The summed E-state index contributed by atoms with van der Waals surface area (Å²) in [5.41, 5.74) is 0. The minimum atomic E-state index is -0.234. The number of rotatable bonds is 2. The minimum Gasteiger partial charge on any atom is -0.468 e. The fraction of sp³-hybridized carbons (Fsp3) is 0.833. The van der Waals surface area contributed by atoms with Crippen molar-refractivity contribution < 1.29 is 9.53 Å². The molecule has 0 heterocycles. The van der Waals surface area contributed by atoms with Gasteiger partial charge in [-0.25, -0.2) is 0 Å². The summed E-state index contributed by atoms with van der Waals surface area (Å²) >= 11 is 0. The minimum absolute atomic E-state index is 0.234. The lowest BCUT2D eigenvalue weighted by molar-refractivity contribution is -0.139. The summed E-state index contributed by atoms with van der Waals surface area (Å²) in [6.07, 6.45) is 0. The van der Waals surface area contributed by atoms with Gasteiger partial charge in [0, 0.05) is 0 Å². The zero-order chi connectivity index (χ0) is 7.70. The summed E-state index contributed by atoms with van der Waals surface area (Å²) in [6, 6.07) is 0. The number of hydrogen-bond acceptors (Lipinski definition) is 3. The van der Waals surface area contributed by atoms with Crippen molar-refractivity contribution in [3.63, 3.8) is 0 Å². The Morgan fingerprint density at radius 3 is 2.11 bits per heavy atom. The second-order valence-electron chi connectivity index (χ2n) is 1.11. The van der Waals surface area contributed by atoms with Crippen LogP contribution in [-0.4, -0.2) is 26.7 Å². The summed E-state index contributed by atoms with van der Waals surface area (Å²) in [7, 11) is 3.05. The van der Waals surface area contributed by atoms with E-state index >= 15 is 0 Å². The van der Waals surface area contributed by atoms with Gasteiger partial charge in [-0.15, -0.1) is 0 Å². The molecule has 3 heteroatoms. The van der Waals surface area contributed by atoms with E-state index in [0.717, 1.165) is 0 Å². The highest BCUT2D eigenvalue weighted by atomic mass is 16.5. The van der Waals surface area contributed by atoms with Crippen LogP contribution in [0.2, 0.25) is 0 Å². The molecule has 0 aromatic heterocycles. The van der Waals surface area contributed by atoms with Gasteiger partial charge in [-0.3, -0.25) is 4.79 Å². The van der Waals surface area contributed by atoms with Crippen LogP contribution in [0.3, 0.4) is 0 Å². The fourth-order valence-corrected chi connectivity index (χ4v) is 0.217. The van der Waals surface area contributed by atoms with Gasteiger partial charge < -0.3 is 10.1 Å². The zero-order valence-corrected chi connectivity index (χ0v) is 6.52. The molecular formula is C6H15NO2. The van der Waals surface area contributed by atoms with E-state index in [4.69, 9.17) is 0 Å². The van der Waals surface area contributed by atoms with E-state index in [9.17, 15) is 4.79 Å². The summed E-state index contributed by atoms with van der Waals surface area (Å²) in [6.45, 7) is 4.29. The van der Waals surface area contributed by atoms with Crippen molar-refractivity contribution in [1.29, 1.82) is 0 Å². The van der Waals surface area contributed by atoms with E-state index in [1.54, 1.807) is 7.05 Å². The Kier molecular flexibility index (Phi) is 13.0. The van der Waals surface area contributed by atoms with Gasteiger partial charge in [-0.2, -0.15) is 0 Å². The molecule has 9 heavy (non-hydrogen) atoms. The Hall–Kier alpha value is -0.570. The Bertz CT molecular complexity index is 64.1. The third-order valence-electron chi connectivity index (χ3n) is 0.549. The van der Waals surface area contributed by atoms with Crippen molar-refractivity contribution >= 4 is 5.97 Å². The fourth-order valence-electron chi connectivity index (χ4n) is 0.217. The molecule has 0 fully saturated rings.